The number of aromatic nitrogens is 1. The van der Waals surface area contributed by atoms with Crippen molar-refractivity contribution in [2.75, 3.05) is 0 Å². The molecule has 1 aliphatic rings. The van der Waals surface area contributed by atoms with Gasteiger partial charge in [0.25, 0.3) is 0 Å². The van der Waals surface area contributed by atoms with Gasteiger partial charge >= 0.3 is 0 Å². The summed E-state index contributed by atoms with van der Waals surface area (Å²) in [6, 6.07) is 6.08. The smallest absolute Gasteiger partial charge is 0.235 e. The van der Waals surface area contributed by atoms with E-state index in [1.165, 1.54) is 0 Å². The molecule has 1 fully saturated rings. The fourth-order valence-corrected chi connectivity index (χ4v) is 2.60. The lowest BCUT2D eigenvalue weighted by molar-refractivity contribution is 0.556. The predicted octanol–water partition coefficient (Wildman–Crippen LogP) is 3.16. The van der Waals surface area contributed by atoms with Crippen LogP contribution in [-0.4, -0.2) is 10.6 Å². The molecular weight excluding hydrogens is 236 g/mol. The lowest BCUT2D eigenvalue weighted by atomic mass is 10.0. The first-order valence-corrected chi connectivity index (χ1v) is 5.88. The molecule has 2 aromatic rings. The van der Waals surface area contributed by atoms with Crippen LogP contribution in [0.3, 0.4) is 0 Å². The number of halogens is 1. The van der Waals surface area contributed by atoms with Crippen molar-refractivity contribution in [2.45, 2.75) is 18.4 Å². The van der Waals surface area contributed by atoms with Gasteiger partial charge in [-0.3, -0.25) is 0 Å². The van der Waals surface area contributed by atoms with Crippen LogP contribution in [0.15, 0.2) is 29.4 Å². The topological polar surface area (TPSA) is 34.4 Å². The Labute approximate surface area is 104 Å². The highest BCUT2D eigenvalue weighted by molar-refractivity contribution is 6.35. The molecule has 86 valence electrons. The second-order valence-electron chi connectivity index (χ2n) is 4.55. The Morgan fingerprint density at radius 2 is 2.24 bits per heavy atom. The van der Waals surface area contributed by atoms with Crippen molar-refractivity contribution in [3.63, 3.8) is 0 Å². The quantitative estimate of drug-likeness (QED) is 0.592. The third-order valence-electron chi connectivity index (χ3n) is 3.46. The second kappa shape index (κ2) is 3.46. The molecule has 0 N–H and O–H groups in total. The molecule has 3 nitrogen and oxygen atoms in total. The lowest BCUT2D eigenvalue weighted by Crippen LogP contribution is -2.01. The lowest BCUT2D eigenvalue weighted by Gasteiger charge is -2.08. The van der Waals surface area contributed by atoms with E-state index in [1.54, 1.807) is 6.08 Å². The molecule has 0 atom stereocenters. The monoisotopic (exact) mass is 246 g/mol. The maximum absolute atomic E-state index is 10.4. The van der Waals surface area contributed by atoms with Crippen molar-refractivity contribution >= 4 is 28.6 Å². The molecule has 4 heteroatoms. The number of rotatable bonds is 2. The molecule has 1 aliphatic carbocycles. The van der Waals surface area contributed by atoms with Gasteiger partial charge in [-0.05, 0) is 30.5 Å². The highest BCUT2D eigenvalue weighted by atomic mass is 35.5. The molecule has 1 heterocycles. The maximum atomic E-state index is 10.4. The average molecular weight is 247 g/mol. The third-order valence-corrected chi connectivity index (χ3v) is 3.76. The van der Waals surface area contributed by atoms with Crippen LogP contribution >= 0.6 is 11.6 Å². The molecule has 0 spiro atoms. The summed E-state index contributed by atoms with van der Waals surface area (Å²) in [7, 11) is 1.96. The minimum absolute atomic E-state index is 0.324. The van der Waals surface area contributed by atoms with E-state index >= 15 is 0 Å². The van der Waals surface area contributed by atoms with Crippen LogP contribution in [0.25, 0.3) is 10.9 Å². The zero-order valence-corrected chi connectivity index (χ0v) is 10.2. The number of benzene rings is 1. The number of fused-ring (bicyclic) bond motifs is 1. The van der Waals surface area contributed by atoms with Gasteiger partial charge in [0.2, 0.25) is 6.08 Å². The standard InChI is InChI=1S/C13H11ClN2O/c1-16-7-11(14)10-6-9(2-3-12(10)16)13(4-5-13)15-8-17/h2-3,6-7H,4-5H2,1H3. The summed E-state index contributed by atoms with van der Waals surface area (Å²) < 4.78 is 1.99. The number of isocyanates is 1. The average Bonchev–Trinajstić information content (AvgIpc) is 3.04. The van der Waals surface area contributed by atoms with Crippen molar-refractivity contribution in [3.8, 4) is 0 Å². The van der Waals surface area contributed by atoms with Gasteiger partial charge < -0.3 is 4.57 Å². The summed E-state index contributed by atoms with van der Waals surface area (Å²) in [5.74, 6) is 0. The van der Waals surface area contributed by atoms with Crippen LogP contribution in [0, 0.1) is 0 Å². The van der Waals surface area contributed by atoms with Crippen LogP contribution in [0.4, 0.5) is 0 Å². The summed E-state index contributed by atoms with van der Waals surface area (Å²) in [5, 5.41) is 1.74. The Morgan fingerprint density at radius 1 is 1.47 bits per heavy atom. The molecule has 0 aliphatic heterocycles. The van der Waals surface area contributed by atoms with E-state index < -0.39 is 0 Å². The molecule has 1 aromatic carbocycles. The van der Waals surface area contributed by atoms with Gasteiger partial charge in [-0.1, -0.05) is 17.7 Å². The van der Waals surface area contributed by atoms with Gasteiger partial charge in [0, 0.05) is 24.1 Å². The Balaban J connectivity index is 2.20. The van der Waals surface area contributed by atoms with Gasteiger partial charge in [0.15, 0.2) is 0 Å². The molecular formula is C13H11ClN2O. The van der Waals surface area contributed by atoms with Gasteiger partial charge in [-0.15, -0.1) is 0 Å². The first kappa shape index (κ1) is 10.6. The normalized spacial score (nSPS) is 16.8. The van der Waals surface area contributed by atoms with Gasteiger partial charge in [-0.25, -0.2) is 4.79 Å². The Kier molecular flexibility index (Phi) is 2.15. The molecule has 1 aromatic heterocycles. The zero-order valence-electron chi connectivity index (χ0n) is 9.40. The van der Waals surface area contributed by atoms with Gasteiger partial charge in [0.05, 0.1) is 10.6 Å². The Hall–Kier alpha value is -1.57. The molecule has 0 saturated heterocycles. The summed E-state index contributed by atoms with van der Waals surface area (Å²) in [5.41, 5.74) is 1.82. The minimum atomic E-state index is -0.324. The first-order valence-electron chi connectivity index (χ1n) is 5.50. The van der Waals surface area contributed by atoms with Crippen molar-refractivity contribution in [1.29, 1.82) is 0 Å². The van der Waals surface area contributed by atoms with Crippen molar-refractivity contribution < 1.29 is 4.79 Å². The third kappa shape index (κ3) is 1.51. The van der Waals surface area contributed by atoms with E-state index in [4.69, 9.17) is 11.6 Å². The van der Waals surface area contributed by atoms with E-state index in [9.17, 15) is 4.79 Å². The van der Waals surface area contributed by atoms with E-state index in [1.807, 2.05) is 36.0 Å². The van der Waals surface area contributed by atoms with E-state index in [2.05, 4.69) is 4.99 Å². The SMILES string of the molecule is Cn1cc(Cl)c2cc(C3(N=C=O)CC3)ccc21. The number of carbonyl (C=O) groups excluding carboxylic acids is 1. The fraction of sp³-hybridized carbons (Fsp3) is 0.308. The van der Waals surface area contributed by atoms with Crippen LogP contribution in [-0.2, 0) is 17.4 Å². The summed E-state index contributed by atoms with van der Waals surface area (Å²) in [6.07, 6.45) is 5.39. The van der Waals surface area contributed by atoms with Crippen molar-refractivity contribution in [3.05, 3.63) is 35.0 Å². The van der Waals surface area contributed by atoms with Crippen molar-refractivity contribution in [2.24, 2.45) is 12.0 Å². The van der Waals surface area contributed by atoms with Gasteiger partial charge in [0.1, 0.15) is 0 Å². The molecule has 0 bridgehead atoms. The molecule has 17 heavy (non-hydrogen) atoms. The molecule has 0 unspecified atom stereocenters. The maximum Gasteiger partial charge on any atom is 0.235 e. The molecule has 0 radical (unpaired) electrons. The number of aryl methyl sites for hydroxylation is 1. The number of hydrogen-bond donors (Lipinski definition) is 0. The van der Waals surface area contributed by atoms with E-state index in [0.29, 0.717) is 0 Å². The second-order valence-corrected chi connectivity index (χ2v) is 4.96. The fourth-order valence-electron chi connectivity index (χ4n) is 2.30. The van der Waals surface area contributed by atoms with Crippen LogP contribution in [0.2, 0.25) is 5.02 Å². The summed E-state index contributed by atoms with van der Waals surface area (Å²) in [6.45, 7) is 0. The Morgan fingerprint density at radius 3 is 2.88 bits per heavy atom. The molecule has 0 amide bonds. The first-order chi connectivity index (χ1) is 8.16. The highest BCUT2D eigenvalue weighted by Crippen LogP contribution is 2.50. The van der Waals surface area contributed by atoms with Crippen molar-refractivity contribution in [1.82, 2.24) is 4.57 Å². The summed E-state index contributed by atoms with van der Waals surface area (Å²) >= 11 is 6.17. The van der Waals surface area contributed by atoms with Crippen LogP contribution in [0.1, 0.15) is 18.4 Å². The van der Waals surface area contributed by atoms with Gasteiger partial charge in [-0.2, -0.15) is 4.99 Å². The molecule has 1 saturated carbocycles. The number of aliphatic imine (C=N–C) groups is 1. The predicted molar refractivity (Wildman–Crippen MR) is 67.0 cm³/mol. The summed E-state index contributed by atoms with van der Waals surface area (Å²) in [4.78, 5) is 14.4. The minimum Gasteiger partial charge on any atom is -0.349 e. The van der Waals surface area contributed by atoms with Crippen LogP contribution < -0.4 is 0 Å². The van der Waals surface area contributed by atoms with Crippen LogP contribution in [0.5, 0.6) is 0 Å². The van der Waals surface area contributed by atoms with E-state index in [-0.39, 0.29) is 5.54 Å². The largest absolute Gasteiger partial charge is 0.349 e. The number of nitrogens with zero attached hydrogens (tertiary/aromatic N) is 2. The highest BCUT2D eigenvalue weighted by Gasteiger charge is 2.44. The molecule has 3 rings (SSSR count). The Bertz CT molecular complexity index is 649. The zero-order chi connectivity index (χ0) is 12.0. The number of hydrogen-bond acceptors (Lipinski definition) is 2. The van der Waals surface area contributed by atoms with E-state index in [0.717, 1.165) is 34.3 Å².